The van der Waals surface area contributed by atoms with Gasteiger partial charge in [0.2, 0.25) is 5.91 Å². The third kappa shape index (κ3) is 4.77. The number of carbonyl (C=O) groups is 1. The number of methoxy groups -OCH3 is 1. The summed E-state index contributed by atoms with van der Waals surface area (Å²) in [4.78, 5) is 23.4. The maximum absolute atomic E-state index is 12.0. The van der Waals surface area contributed by atoms with Crippen LogP contribution < -0.4 is 20.3 Å². The average Bonchev–Trinajstić information content (AvgIpc) is 3.54. The van der Waals surface area contributed by atoms with Crippen LogP contribution in [0, 0.1) is 6.92 Å². The van der Waals surface area contributed by atoms with Crippen LogP contribution in [0.15, 0.2) is 79.3 Å². The number of nitrogens with one attached hydrogen (secondary N) is 2. The van der Waals surface area contributed by atoms with E-state index in [2.05, 4.69) is 36.1 Å². The molecule has 188 valence electrons. The highest BCUT2D eigenvalue weighted by atomic mass is 32.1. The first-order valence-corrected chi connectivity index (χ1v) is 12.5. The topological polar surface area (TPSA) is 84.3 Å². The molecule has 1 amide bonds. The maximum Gasteiger partial charge on any atom is 0.224 e. The molecule has 1 saturated heterocycles. The van der Waals surface area contributed by atoms with E-state index in [1.54, 1.807) is 13.3 Å². The van der Waals surface area contributed by atoms with Crippen molar-refractivity contribution in [3.05, 3.63) is 96.2 Å². The van der Waals surface area contributed by atoms with Crippen molar-refractivity contribution in [1.29, 1.82) is 0 Å². The summed E-state index contributed by atoms with van der Waals surface area (Å²) in [6.07, 6.45) is 6.03. The molecule has 3 aromatic heterocycles. The number of hydrogen-bond acceptors (Lipinski definition) is 5. The Morgan fingerprint density at radius 1 is 1.14 bits per heavy atom. The summed E-state index contributed by atoms with van der Waals surface area (Å²) in [5.41, 5.74) is 4.41. The molecular weight excluding hydrogens is 484 g/mol. The van der Waals surface area contributed by atoms with E-state index in [9.17, 15) is 4.79 Å². The van der Waals surface area contributed by atoms with E-state index in [1.807, 2.05) is 80.8 Å². The smallest absolute Gasteiger partial charge is 0.224 e. The number of nitrogens with zero attached hydrogens (tertiary/aromatic N) is 4. The Labute approximate surface area is 221 Å². The molecule has 4 heterocycles. The van der Waals surface area contributed by atoms with Crippen LogP contribution in [0.5, 0.6) is 5.75 Å². The minimum absolute atomic E-state index is 0.0825. The molecule has 0 radical (unpaired) electrons. The Hall–Kier alpha value is -4.24. The number of anilines is 2. The zero-order valence-corrected chi connectivity index (χ0v) is 21.7. The zero-order valence-electron chi connectivity index (χ0n) is 20.9. The standard InChI is InChI=1S/C28H28N6O2S/c1-4-25(35)31-20-12-11-19(16-23(20)36-3)34-27(26(32-28(34)37)21-8-5-6-14-29-21)22-9-7-15-33(22)24-13-10-18(2)17-30-24/h5-17,26-27H,4H2,1-3H3,(H,31,35)(H,32,37). The van der Waals surface area contributed by atoms with Crippen molar-refractivity contribution in [2.24, 2.45) is 0 Å². The van der Waals surface area contributed by atoms with Crippen molar-refractivity contribution < 1.29 is 9.53 Å². The molecule has 8 nitrogen and oxygen atoms in total. The molecule has 0 saturated carbocycles. The van der Waals surface area contributed by atoms with Gasteiger partial charge in [-0.25, -0.2) is 4.98 Å². The van der Waals surface area contributed by atoms with Gasteiger partial charge in [-0.1, -0.05) is 19.1 Å². The predicted molar refractivity (Wildman–Crippen MR) is 148 cm³/mol. The van der Waals surface area contributed by atoms with Crippen LogP contribution in [0.25, 0.3) is 5.82 Å². The van der Waals surface area contributed by atoms with Gasteiger partial charge in [0.15, 0.2) is 5.11 Å². The number of benzene rings is 1. The van der Waals surface area contributed by atoms with Gasteiger partial charge in [0.05, 0.1) is 24.5 Å². The largest absolute Gasteiger partial charge is 0.494 e. The summed E-state index contributed by atoms with van der Waals surface area (Å²) in [6, 6.07) is 19.2. The van der Waals surface area contributed by atoms with Crippen molar-refractivity contribution in [2.75, 3.05) is 17.3 Å². The molecule has 4 aromatic rings. The van der Waals surface area contributed by atoms with Crippen LogP contribution >= 0.6 is 12.2 Å². The summed E-state index contributed by atoms with van der Waals surface area (Å²) in [7, 11) is 1.59. The number of rotatable bonds is 7. The third-order valence-corrected chi connectivity index (χ3v) is 6.70. The molecule has 5 rings (SSSR count). The minimum Gasteiger partial charge on any atom is -0.494 e. The molecule has 2 N–H and O–H groups in total. The quantitative estimate of drug-likeness (QED) is 0.333. The number of thiocarbonyl (C=S) groups is 1. The van der Waals surface area contributed by atoms with E-state index in [4.69, 9.17) is 17.0 Å². The number of amides is 1. The molecule has 1 fully saturated rings. The van der Waals surface area contributed by atoms with Crippen LogP contribution in [-0.2, 0) is 4.79 Å². The van der Waals surface area contributed by atoms with Crippen LogP contribution in [0.4, 0.5) is 11.4 Å². The Morgan fingerprint density at radius 2 is 2.00 bits per heavy atom. The van der Waals surface area contributed by atoms with E-state index in [-0.39, 0.29) is 18.0 Å². The average molecular weight is 513 g/mol. The number of hydrogen-bond donors (Lipinski definition) is 2. The monoisotopic (exact) mass is 512 g/mol. The second-order valence-corrected chi connectivity index (χ2v) is 9.17. The first kappa shape index (κ1) is 24.5. The molecule has 37 heavy (non-hydrogen) atoms. The van der Waals surface area contributed by atoms with Crippen LogP contribution in [0.1, 0.15) is 42.4 Å². The molecule has 0 spiro atoms. The molecule has 0 bridgehead atoms. The van der Waals surface area contributed by atoms with E-state index < -0.39 is 0 Å². The highest BCUT2D eigenvalue weighted by molar-refractivity contribution is 7.80. The lowest BCUT2D eigenvalue weighted by atomic mass is 10.0. The van der Waals surface area contributed by atoms with E-state index in [1.165, 1.54) is 0 Å². The molecule has 1 aliphatic heterocycles. The molecule has 1 aliphatic rings. The van der Waals surface area contributed by atoms with Crippen molar-refractivity contribution in [2.45, 2.75) is 32.4 Å². The van der Waals surface area contributed by atoms with Crippen molar-refractivity contribution in [3.8, 4) is 11.6 Å². The number of pyridine rings is 2. The fourth-order valence-corrected chi connectivity index (χ4v) is 4.90. The molecule has 2 atom stereocenters. The first-order valence-electron chi connectivity index (χ1n) is 12.1. The van der Waals surface area contributed by atoms with E-state index in [0.717, 1.165) is 28.5 Å². The van der Waals surface area contributed by atoms with E-state index in [0.29, 0.717) is 23.0 Å². The third-order valence-electron chi connectivity index (χ3n) is 6.38. The lowest BCUT2D eigenvalue weighted by molar-refractivity contribution is -0.115. The highest BCUT2D eigenvalue weighted by Crippen LogP contribution is 2.43. The van der Waals surface area contributed by atoms with Gasteiger partial charge in [0.25, 0.3) is 0 Å². The Balaban J connectivity index is 1.62. The zero-order chi connectivity index (χ0) is 25.9. The number of ether oxygens (including phenoxy) is 1. The summed E-state index contributed by atoms with van der Waals surface area (Å²) in [6.45, 7) is 3.83. The van der Waals surface area contributed by atoms with Gasteiger partial charge in [0, 0.05) is 42.5 Å². The highest BCUT2D eigenvalue weighted by Gasteiger charge is 2.42. The number of aromatic nitrogens is 3. The first-order chi connectivity index (χ1) is 18.0. The van der Waals surface area contributed by atoms with Gasteiger partial charge < -0.3 is 24.8 Å². The molecular formula is C28H28N6O2S. The van der Waals surface area contributed by atoms with Gasteiger partial charge in [0.1, 0.15) is 17.6 Å². The summed E-state index contributed by atoms with van der Waals surface area (Å²) in [5, 5.41) is 6.95. The van der Waals surface area contributed by atoms with Crippen molar-refractivity contribution in [1.82, 2.24) is 19.9 Å². The molecule has 1 aromatic carbocycles. The molecule has 9 heteroatoms. The van der Waals surface area contributed by atoms with Crippen LogP contribution in [0.3, 0.4) is 0 Å². The fourth-order valence-electron chi connectivity index (χ4n) is 4.55. The minimum atomic E-state index is -0.235. The lowest BCUT2D eigenvalue weighted by Gasteiger charge is -2.29. The van der Waals surface area contributed by atoms with Gasteiger partial charge >= 0.3 is 0 Å². The molecule has 2 unspecified atom stereocenters. The summed E-state index contributed by atoms with van der Waals surface area (Å²) >= 11 is 5.88. The van der Waals surface area contributed by atoms with E-state index >= 15 is 0 Å². The van der Waals surface area contributed by atoms with Gasteiger partial charge in [-0.3, -0.25) is 9.78 Å². The Bertz CT molecular complexity index is 1420. The SMILES string of the molecule is CCC(=O)Nc1ccc(N2C(=S)NC(c3ccccn3)C2c2cccn2-c2ccc(C)cn2)cc1OC. The Kier molecular flexibility index (Phi) is 6.87. The number of aryl methyl sites for hydroxylation is 1. The van der Waals surface area contributed by atoms with Gasteiger partial charge in [-0.05, 0) is 67.2 Å². The van der Waals surface area contributed by atoms with Crippen molar-refractivity contribution >= 4 is 34.6 Å². The maximum atomic E-state index is 12.0. The predicted octanol–water partition coefficient (Wildman–Crippen LogP) is 5.11. The second-order valence-electron chi connectivity index (χ2n) is 8.78. The molecule has 0 aliphatic carbocycles. The lowest BCUT2D eigenvalue weighted by Crippen LogP contribution is -2.30. The van der Waals surface area contributed by atoms with Crippen LogP contribution in [-0.4, -0.2) is 32.7 Å². The Morgan fingerprint density at radius 3 is 2.70 bits per heavy atom. The normalized spacial score (nSPS) is 16.9. The summed E-state index contributed by atoms with van der Waals surface area (Å²) < 4.78 is 7.71. The fraction of sp³-hybridized carbons (Fsp3) is 0.214. The number of carbonyl (C=O) groups excluding carboxylic acids is 1. The van der Waals surface area contributed by atoms with Gasteiger partial charge in [-0.2, -0.15) is 0 Å². The van der Waals surface area contributed by atoms with Gasteiger partial charge in [-0.15, -0.1) is 0 Å². The van der Waals surface area contributed by atoms with Crippen LogP contribution in [0.2, 0.25) is 0 Å². The van der Waals surface area contributed by atoms with Crippen molar-refractivity contribution in [3.63, 3.8) is 0 Å². The summed E-state index contributed by atoms with van der Waals surface area (Å²) in [5.74, 6) is 1.29. The second kappa shape index (κ2) is 10.4.